The second-order valence-corrected chi connectivity index (χ2v) is 7.89. The van der Waals surface area contributed by atoms with Gasteiger partial charge in [0.25, 0.3) is 0 Å². The first-order valence-electron chi connectivity index (χ1n) is 9.16. The number of amides is 1. The molecule has 0 spiro atoms. The van der Waals surface area contributed by atoms with Crippen molar-refractivity contribution in [3.63, 3.8) is 0 Å². The van der Waals surface area contributed by atoms with E-state index in [1.165, 1.54) is 17.0 Å². The molecule has 0 heterocycles. The Hall–Kier alpha value is -1.44. The highest BCUT2D eigenvalue weighted by atomic mass is 127. The Labute approximate surface area is 190 Å². The van der Waals surface area contributed by atoms with E-state index in [0.717, 1.165) is 18.4 Å². The predicted octanol–water partition coefficient (Wildman–Crippen LogP) is 0.892. The summed E-state index contributed by atoms with van der Waals surface area (Å²) in [6, 6.07) is 6.22. The molecular formula is C18H32IN5O4S. The topological polar surface area (TPSA) is 126 Å². The molecule has 1 aromatic carbocycles. The molecule has 1 rings (SSSR count). The number of guanidine groups is 1. The lowest BCUT2D eigenvalue weighted by molar-refractivity contribution is -0.127. The van der Waals surface area contributed by atoms with Crippen molar-refractivity contribution in [1.82, 2.24) is 15.5 Å². The number of hydrogen-bond donors (Lipinski definition) is 3. The van der Waals surface area contributed by atoms with Gasteiger partial charge in [-0.25, -0.2) is 18.5 Å². The second kappa shape index (κ2) is 14.5. The minimum atomic E-state index is -3.71. The zero-order valence-electron chi connectivity index (χ0n) is 17.2. The number of rotatable bonds is 11. The van der Waals surface area contributed by atoms with Crippen molar-refractivity contribution in [3.8, 4) is 0 Å². The number of aliphatic imine (C=N–C) groups is 1. The van der Waals surface area contributed by atoms with E-state index in [0.29, 0.717) is 32.3 Å². The molecule has 0 saturated heterocycles. The van der Waals surface area contributed by atoms with E-state index in [-0.39, 0.29) is 41.3 Å². The Bertz CT molecular complexity index is 739. The highest BCUT2D eigenvalue weighted by Gasteiger charge is 2.08. The van der Waals surface area contributed by atoms with Gasteiger partial charge in [0.15, 0.2) is 5.96 Å². The number of carbonyl (C=O) groups is 1. The third-order valence-electron chi connectivity index (χ3n) is 3.79. The van der Waals surface area contributed by atoms with Crippen LogP contribution < -0.4 is 15.8 Å². The average molecular weight is 541 g/mol. The molecule has 0 unspecified atom stereocenters. The Morgan fingerprint density at radius 3 is 2.38 bits per heavy atom. The lowest BCUT2D eigenvalue weighted by Gasteiger charge is -2.15. The van der Waals surface area contributed by atoms with Crippen molar-refractivity contribution in [1.29, 1.82) is 0 Å². The van der Waals surface area contributed by atoms with Crippen LogP contribution in [0.5, 0.6) is 0 Å². The molecule has 1 aromatic rings. The number of sulfonamides is 1. The normalized spacial score (nSPS) is 11.5. The van der Waals surface area contributed by atoms with E-state index < -0.39 is 10.0 Å². The van der Waals surface area contributed by atoms with Gasteiger partial charge in [0.2, 0.25) is 15.9 Å². The number of benzene rings is 1. The van der Waals surface area contributed by atoms with E-state index in [1.807, 2.05) is 6.92 Å². The van der Waals surface area contributed by atoms with Crippen molar-refractivity contribution in [2.24, 2.45) is 10.1 Å². The fourth-order valence-electron chi connectivity index (χ4n) is 2.13. The summed E-state index contributed by atoms with van der Waals surface area (Å²) in [7, 11) is -0.333. The first-order chi connectivity index (χ1) is 13.2. The van der Waals surface area contributed by atoms with Gasteiger partial charge in [-0.2, -0.15) is 0 Å². The van der Waals surface area contributed by atoms with Gasteiger partial charge >= 0.3 is 0 Å². The van der Waals surface area contributed by atoms with Crippen molar-refractivity contribution in [2.45, 2.75) is 31.2 Å². The van der Waals surface area contributed by atoms with Gasteiger partial charge in [0.05, 0.1) is 18.0 Å². The van der Waals surface area contributed by atoms with Crippen molar-refractivity contribution in [3.05, 3.63) is 29.8 Å². The van der Waals surface area contributed by atoms with E-state index in [2.05, 4.69) is 15.6 Å². The predicted molar refractivity (Wildman–Crippen MR) is 125 cm³/mol. The Balaban J connectivity index is 0.00000784. The number of primary sulfonamides is 1. The summed E-state index contributed by atoms with van der Waals surface area (Å²) < 4.78 is 27.9. The van der Waals surface area contributed by atoms with Crippen molar-refractivity contribution in [2.75, 3.05) is 40.4 Å². The molecule has 1 amide bonds. The van der Waals surface area contributed by atoms with E-state index >= 15 is 0 Å². The van der Waals surface area contributed by atoms with E-state index in [4.69, 9.17) is 9.88 Å². The number of hydrogen-bond acceptors (Lipinski definition) is 5. The van der Waals surface area contributed by atoms with Crippen LogP contribution in [0.4, 0.5) is 0 Å². The molecule has 0 aromatic heterocycles. The van der Waals surface area contributed by atoms with Gasteiger partial charge in [-0.3, -0.25) is 4.79 Å². The zero-order valence-corrected chi connectivity index (χ0v) is 20.3. The van der Waals surface area contributed by atoms with Crippen molar-refractivity contribution >= 4 is 45.9 Å². The summed E-state index contributed by atoms with van der Waals surface area (Å²) in [6.45, 7) is 4.53. The number of ether oxygens (including phenoxy) is 1. The number of halogens is 1. The SMILES string of the molecule is CCOCCCCNC(=NCc1ccc(S(N)(=O)=O)cc1)NCC(=O)N(C)C.I. The molecule has 0 radical (unpaired) electrons. The lowest BCUT2D eigenvalue weighted by Crippen LogP contribution is -2.43. The van der Waals surface area contributed by atoms with Gasteiger partial charge in [-0.1, -0.05) is 12.1 Å². The molecule has 4 N–H and O–H groups in total. The van der Waals surface area contributed by atoms with Gasteiger partial charge in [-0.15, -0.1) is 24.0 Å². The standard InChI is InChI=1S/C18H31N5O4S.HI/c1-4-27-12-6-5-11-20-18(22-14-17(24)23(2)3)21-13-15-7-9-16(10-8-15)28(19,25)26;/h7-10H,4-6,11-14H2,1-3H3,(H2,19,25,26)(H2,20,21,22);1H. The minimum absolute atomic E-state index is 0. The average Bonchev–Trinajstić information content (AvgIpc) is 2.65. The van der Waals surface area contributed by atoms with Crippen molar-refractivity contribution < 1.29 is 17.9 Å². The fraction of sp³-hybridized carbons (Fsp3) is 0.556. The highest BCUT2D eigenvalue weighted by Crippen LogP contribution is 2.09. The molecule has 0 atom stereocenters. The lowest BCUT2D eigenvalue weighted by atomic mass is 10.2. The molecule has 0 saturated carbocycles. The molecule has 29 heavy (non-hydrogen) atoms. The van der Waals surface area contributed by atoms with Crippen LogP contribution in [0, 0.1) is 0 Å². The van der Waals surface area contributed by atoms with E-state index in [1.54, 1.807) is 26.2 Å². The molecule has 11 heteroatoms. The van der Waals surface area contributed by atoms with Gasteiger partial charge < -0.3 is 20.3 Å². The first-order valence-corrected chi connectivity index (χ1v) is 10.7. The van der Waals surface area contributed by atoms with Gasteiger partial charge in [0, 0.05) is 33.9 Å². The smallest absolute Gasteiger partial charge is 0.241 e. The second-order valence-electron chi connectivity index (χ2n) is 6.33. The van der Waals surface area contributed by atoms with Crippen LogP contribution in [0.15, 0.2) is 34.2 Å². The van der Waals surface area contributed by atoms with Crippen LogP contribution in [-0.2, 0) is 26.1 Å². The molecule has 0 aliphatic heterocycles. The quantitative estimate of drug-likeness (QED) is 0.165. The molecule has 0 bridgehead atoms. The maximum Gasteiger partial charge on any atom is 0.241 e. The van der Waals surface area contributed by atoms with Crippen LogP contribution in [0.2, 0.25) is 0 Å². The maximum atomic E-state index is 11.8. The number of carbonyl (C=O) groups excluding carboxylic acids is 1. The number of likely N-dealkylation sites (N-methyl/N-ethyl adjacent to an activating group) is 1. The highest BCUT2D eigenvalue weighted by molar-refractivity contribution is 14.0. The number of nitrogens with two attached hydrogens (primary N) is 1. The Kier molecular flexibility index (Phi) is 13.8. The monoisotopic (exact) mass is 541 g/mol. The molecule has 0 aliphatic carbocycles. The largest absolute Gasteiger partial charge is 0.382 e. The summed E-state index contributed by atoms with van der Waals surface area (Å²) in [6.07, 6.45) is 1.84. The Morgan fingerprint density at radius 1 is 1.17 bits per heavy atom. The number of nitrogens with one attached hydrogen (secondary N) is 2. The zero-order chi connectivity index (χ0) is 21.0. The molecule has 166 valence electrons. The van der Waals surface area contributed by atoms with E-state index in [9.17, 15) is 13.2 Å². The summed E-state index contributed by atoms with van der Waals surface area (Å²) in [5.41, 5.74) is 0.823. The number of unbranched alkanes of at least 4 members (excludes halogenated alkanes) is 1. The third kappa shape index (κ3) is 12.0. The van der Waals surface area contributed by atoms with Crippen LogP contribution in [-0.4, -0.2) is 65.6 Å². The fourth-order valence-corrected chi connectivity index (χ4v) is 2.64. The summed E-state index contributed by atoms with van der Waals surface area (Å²) in [5, 5.41) is 11.3. The summed E-state index contributed by atoms with van der Waals surface area (Å²) in [4.78, 5) is 17.8. The first kappa shape index (κ1) is 27.6. The summed E-state index contributed by atoms with van der Waals surface area (Å²) in [5.74, 6) is 0.450. The van der Waals surface area contributed by atoms with Crippen LogP contribution in [0.1, 0.15) is 25.3 Å². The van der Waals surface area contributed by atoms with Gasteiger partial charge in [-0.05, 0) is 37.5 Å². The summed E-state index contributed by atoms with van der Waals surface area (Å²) >= 11 is 0. The van der Waals surface area contributed by atoms with Crippen LogP contribution in [0.25, 0.3) is 0 Å². The third-order valence-corrected chi connectivity index (χ3v) is 4.72. The number of nitrogens with zero attached hydrogens (tertiary/aromatic N) is 2. The minimum Gasteiger partial charge on any atom is -0.382 e. The van der Waals surface area contributed by atoms with Crippen LogP contribution in [0.3, 0.4) is 0 Å². The van der Waals surface area contributed by atoms with Crippen LogP contribution >= 0.6 is 24.0 Å². The molecule has 0 fully saturated rings. The Morgan fingerprint density at radius 2 is 1.83 bits per heavy atom. The maximum absolute atomic E-state index is 11.8. The molecule has 0 aliphatic rings. The van der Waals surface area contributed by atoms with Gasteiger partial charge in [0.1, 0.15) is 0 Å². The molecule has 9 nitrogen and oxygen atoms in total. The molecular weight excluding hydrogens is 509 g/mol.